The van der Waals surface area contributed by atoms with Gasteiger partial charge in [0.1, 0.15) is 0 Å². The first-order chi connectivity index (χ1) is 14.6. The minimum atomic E-state index is -4.51. The molecule has 12 heteroatoms. The van der Waals surface area contributed by atoms with E-state index in [1.807, 2.05) is 0 Å². The second-order valence-corrected chi connectivity index (χ2v) is 7.42. The minimum Gasteiger partial charge on any atom is -0.325 e. The third-order valence-electron chi connectivity index (χ3n) is 4.15. The predicted molar refractivity (Wildman–Crippen MR) is 109 cm³/mol. The highest BCUT2D eigenvalue weighted by Gasteiger charge is 2.32. The highest BCUT2D eigenvalue weighted by atomic mass is 32.2. The Morgan fingerprint density at radius 1 is 1.06 bits per heavy atom. The summed E-state index contributed by atoms with van der Waals surface area (Å²) >= 11 is 1.16. The number of rotatable bonds is 6. The third-order valence-corrected chi connectivity index (χ3v) is 5.16. The number of carbonyl (C=O) groups is 2. The number of aryl methyl sites for hydroxylation is 2. The SMILES string of the molecule is Cc1ccc(NC(=O)c2ccc(NC(=O)CSc3nnnn3C)cc2)cc1C(F)(F)F. The molecule has 2 aromatic carbocycles. The van der Waals surface area contributed by atoms with Crippen LogP contribution in [0.4, 0.5) is 24.5 Å². The van der Waals surface area contributed by atoms with Gasteiger partial charge >= 0.3 is 6.18 Å². The average molecular weight is 450 g/mol. The summed E-state index contributed by atoms with van der Waals surface area (Å²) in [5.74, 6) is -0.768. The zero-order chi connectivity index (χ0) is 22.6. The maximum atomic E-state index is 13.0. The van der Waals surface area contributed by atoms with Gasteiger partial charge in [-0.05, 0) is 59.3 Å². The first-order valence-electron chi connectivity index (χ1n) is 8.88. The third kappa shape index (κ3) is 5.81. The Hall–Kier alpha value is -3.41. The molecule has 0 atom stereocenters. The van der Waals surface area contributed by atoms with Crippen molar-refractivity contribution in [1.29, 1.82) is 0 Å². The number of benzene rings is 2. The van der Waals surface area contributed by atoms with Crippen LogP contribution in [0.1, 0.15) is 21.5 Å². The van der Waals surface area contributed by atoms with Gasteiger partial charge in [0.15, 0.2) is 0 Å². The van der Waals surface area contributed by atoms with Crippen LogP contribution in [0, 0.1) is 6.92 Å². The lowest BCUT2D eigenvalue weighted by Crippen LogP contribution is -2.16. The number of alkyl halides is 3. The number of nitrogens with zero attached hydrogens (tertiary/aromatic N) is 4. The molecule has 0 aliphatic heterocycles. The number of halogens is 3. The molecule has 0 fully saturated rings. The maximum Gasteiger partial charge on any atom is 0.416 e. The van der Waals surface area contributed by atoms with E-state index in [9.17, 15) is 22.8 Å². The van der Waals surface area contributed by atoms with E-state index in [0.717, 1.165) is 17.8 Å². The van der Waals surface area contributed by atoms with Gasteiger partial charge in [-0.3, -0.25) is 9.59 Å². The molecule has 0 bridgehead atoms. The van der Waals surface area contributed by atoms with Crippen LogP contribution in [0.2, 0.25) is 0 Å². The normalized spacial score (nSPS) is 11.3. The number of amides is 2. The largest absolute Gasteiger partial charge is 0.416 e. The molecule has 0 radical (unpaired) electrons. The lowest BCUT2D eigenvalue weighted by molar-refractivity contribution is -0.138. The van der Waals surface area contributed by atoms with Gasteiger partial charge in [0.25, 0.3) is 5.91 Å². The van der Waals surface area contributed by atoms with E-state index in [4.69, 9.17) is 0 Å². The summed E-state index contributed by atoms with van der Waals surface area (Å²) in [6, 6.07) is 9.57. The molecule has 162 valence electrons. The van der Waals surface area contributed by atoms with Gasteiger partial charge in [-0.2, -0.15) is 13.2 Å². The van der Waals surface area contributed by atoms with Crippen LogP contribution in [-0.4, -0.2) is 37.8 Å². The number of hydrogen-bond donors (Lipinski definition) is 2. The summed E-state index contributed by atoms with van der Waals surface area (Å²) in [6.07, 6.45) is -4.51. The second-order valence-electron chi connectivity index (χ2n) is 6.48. The Morgan fingerprint density at radius 2 is 1.74 bits per heavy atom. The molecule has 31 heavy (non-hydrogen) atoms. The van der Waals surface area contributed by atoms with Crippen molar-refractivity contribution in [3.63, 3.8) is 0 Å². The fraction of sp³-hybridized carbons (Fsp3) is 0.211. The zero-order valence-electron chi connectivity index (χ0n) is 16.4. The summed E-state index contributed by atoms with van der Waals surface area (Å²) in [7, 11) is 1.66. The van der Waals surface area contributed by atoms with E-state index in [0.29, 0.717) is 10.8 Å². The van der Waals surface area contributed by atoms with E-state index in [2.05, 4.69) is 26.2 Å². The molecule has 0 unspecified atom stereocenters. The number of nitrogens with one attached hydrogen (secondary N) is 2. The van der Waals surface area contributed by atoms with Crippen molar-refractivity contribution in [2.24, 2.45) is 7.05 Å². The Morgan fingerprint density at radius 3 is 2.35 bits per heavy atom. The number of carbonyl (C=O) groups excluding carboxylic acids is 2. The monoisotopic (exact) mass is 450 g/mol. The van der Waals surface area contributed by atoms with Gasteiger partial charge in [-0.15, -0.1) is 5.10 Å². The van der Waals surface area contributed by atoms with Crippen LogP contribution in [0.5, 0.6) is 0 Å². The van der Waals surface area contributed by atoms with Gasteiger partial charge in [0.2, 0.25) is 11.1 Å². The van der Waals surface area contributed by atoms with Crippen LogP contribution < -0.4 is 10.6 Å². The number of aromatic nitrogens is 4. The summed E-state index contributed by atoms with van der Waals surface area (Å²) in [4.78, 5) is 24.4. The maximum absolute atomic E-state index is 13.0. The predicted octanol–water partition coefficient (Wildman–Crippen LogP) is 3.52. The highest BCUT2D eigenvalue weighted by Crippen LogP contribution is 2.33. The minimum absolute atomic E-state index is 0.0376. The Bertz CT molecular complexity index is 1100. The first kappa shape index (κ1) is 22.3. The van der Waals surface area contributed by atoms with Crippen molar-refractivity contribution in [2.75, 3.05) is 16.4 Å². The molecular weight excluding hydrogens is 433 g/mol. The van der Waals surface area contributed by atoms with Crippen LogP contribution in [-0.2, 0) is 18.0 Å². The summed E-state index contributed by atoms with van der Waals surface area (Å²) in [5, 5.41) is 16.5. The molecule has 0 aliphatic carbocycles. The van der Waals surface area contributed by atoms with Crippen LogP contribution in [0.3, 0.4) is 0 Å². The zero-order valence-corrected chi connectivity index (χ0v) is 17.2. The second kappa shape index (κ2) is 9.16. The summed E-state index contributed by atoms with van der Waals surface area (Å²) in [5.41, 5.74) is -0.00674. The van der Waals surface area contributed by atoms with E-state index in [1.54, 1.807) is 7.05 Å². The topological polar surface area (TPSA) is 102 Å². The van der Waals surface area contributed by atoms with Crippen LogP contribution in [0.25, 0.3) is 0 Å². The Kier molecular flexibility index (Phi) is 6.59. The Balaban J connectivity index is 1.59. The van der Waals surface area contributed by atoms with E-state index >= 15 is 0 Å². The number of thioether (sulfide) groups is 1. The molecule has 1 aromatic heterocycles. The van der Waals surface area contributed by atoms with Gasteiger partial charge in [0.05, 0.1) is 11.3 Å². The smallest absolute Gasteiger partial charge is 0.325 e. The quantitative estimate of drug-likeness (QED) is 0.558. The molecule has 2 amide bonds. The Labute approximate surface area is 179 Å². The van der Waals surface area contributed by atoms with E-state index < -0.39 is 17.6 Å². The molecule has 0 saturated heterocycles. The van der Waals surface area contributed by atoms with Crippen molar-refractivity contribution in [3.8, 4) is 0 Å². The van der Waals surface area contributed by atoms with Crippen molar-refractivity contribution in [3.05, 3.63) is 59.2 Å². The molecule has 2 N–H and O–H groups in total. The number of tetrazole rings is 1. The molecule has 0 aliphatic rings. The number of anilines is 2. The first-order valence-corrected chi connectivity index (χ1v) is 9.86. The standard InChI is InChI=1S/C19H17F3N6O2S/c1-11-3-6-14(9-15(11)19(20,21)22)24-17(30)12-4-7-13(8-5-12)23-16(29)10-31-18-25-26-27-28(18)2/h3-9H,10H2,1-2H3,(H,23,29)(H,24,30). The van der Waals surface area contributed by atoms with Gasteiger partial charge in [-0.25, -0.2) is 4.68 Å². The fourth-order valence-corrected chi connectivity index (χ4v) is 3.23. The van der Waals surface area contributed by atoms with Gasteiger partial charge < -0.3 is 10.6 Å². The molecule has 8 nitrogen and oxygen atoms in total. The molecule has 3 rings (SSSR count). The molecule has 0 spiro atoms. The van der Waals surface area contributed by atoms with Crippen LogP contribution >= 0.6 is 11.8 Å². The van der Waals surface area contributed by atoms with Crippen molar-refractivity contribution in [1.82, 2.24) is 20.2 Å². The van der Waals surface area contributed by atoms with Crippen molar-refractivity contribution in [2.45, 2.75) is 18.3 Å². The van der Waals surface area contributed by atoms with Crippen molar-refractivity contribution < 1.29 is 22.8 Å². The number of hydrogen-bond acceptors (Lipinski definition) is 6. The summed E-state index contributed by atoms with van der Waals surface area (Å²) < 4.78 is 40.5. The molecular formula is C19H17F3N6O2S. The van der Waals surface area contributed by atoms with Crippen LogP contribution in [0.15, 0.2) is 47.6 Å². The van der Waals surface area contributed by atoms with Gasteiger partial charge in [-0.1, -0.05) is 17.8 Å². The average Bonchev–Trinajstić information content (AvgIpc) is 3.12. The van der Waals surface area contributed by atoms with E-state index in [1.165, 1.54) is 48.0 Å². The molecule has 1 heterocycles. The fourth-order valence-electron chi connectivity index (χ4n) is 2.58. The van der Waals surface area contributed by atoms with Crippen molar-refractivity contribution >= 4 is 35.0 Å². The lowest BCUT2D eigenvalue weighted by atomic mass is 10.1. The lowest BCUT2D eigenvalue weighted by Gasteiger charge is -2.13. The molecule has 0 saturated carbocycles. The summed E-state index contributed by atoms with van der Waals surface area (Å²) in [6.45, 7) is 1.35. The van der Waals surface area contributed by atoms with E-state index in [-0.39, 0.29) is 28.5 Å². The highest BCUT2D eigenvalue weighted by molar-refractivity contribution is 7.99. The van der Waals surface area contributed by atoms with Gasteiger partial charge in [0, 0.05) is 24.0 Å². The molecule has 3 aromatic rings.